The van der Waals surface area contributed by atoms with E-state index in [-0.39, 0.29) is 0 Å². The number of aliphatic hydroxyl groups is 1. The van der Waals surface area contributed by atoms with E-state index in [4.69, 9.17) is 4.98 Å². The lowest BCUT2D eigenvalue weighted by atomic mass is 10.2. The number of aromatic nitrogens is 3. The van der Waals surface area contributed by atoms with Crippen molar-refractivity contribution in [2.24, 2.45) is 0 Å². The molecule has 0 spiro atoms. The van der Waals surface area contributed by atoms with Crippen molar-refractivity contribution in [3.05, 3.63) is 109 Å². The minimum Gasteiger partial charge on any atom is -0.389 e. The fraction of sp³-hybridized carbons (Fsp3) is 0.138. The third-order valence-corrected chi connectivity index (χ3v) is 7.34. The molecule has 5 heteroatoms. The highest BCUT2D eigenvalue weighted by Crippen LogP contribution is 2.30. The van der Waals surface area contributed by atoms with E-state index in [1.54, 1.807) is 11.8 Å². The van der Waals surface area contributed by atoms with Gasteiger partial charge in [0, 0.05) is 27.6 Å². The lowest BCUT2D eigenvalue weighted by molar-refractivity contribution is 0.135. The number of imidazole rings is 1. The molecule has 6 aromatic rings. The predicted octanol–water partition coefficient (Wildman–Crippen LogP) is 6.50. The highest BCUT2D eigenvalue weighted by atomic mass is 32.2. The second-order valence-corrected chi connectivity index (χ2v) is 9.51. The van der Waals surface area contributed by atoms with Crippen molar-refractivity contribution in [2.45, 2.75) is 30.1 Å². The van der Waals surface area contributed by atoms with Crippen molar-refractivity contribution in [1.82, 2.24) is 14.1 Å². The molecule has 1 unspecified atom stereocenters. The van der Waals surface area contributed by atoms with Crippen LogP contribution in [-0.4, -0.2) is 25.3 Å². The molecule has 0 saturated heterocycles. The molecule has 0 radical (unpaired) electrons. The number of thioether (sulfide) groups is 1. The lowest BCUT2D eigenvalue weighted by Crippen LogP contribution is -2.22. The van der Waals surface area contributed by atoms with Gasteiger partial charge < -0.3 is 14.2 Å². The summed E-state index contributed by atoms with van der Waals surface area (Å²) >= 11 is 1.71. The number of hydrogen-bond donors (Lipinski definition) is 1. The molecule has 0 amide bonds. The van der Waals surface area contributed by atoms with Crippen LogP contribution in [0.15, 0.2) is 108 Å². The summed E-state index contributed by atoms with van der Waals surface area (Å²) in [7, 11) is 0. The van der Waals surface area contributed by atoms with Crippen molar-refractivity contribution in [3.63, 3.8) is 0 Å². The fourth-order valence-electron chi connectivity index (χ4n) is 4.74. The molecule has 0 aliphatic carbocycles. The van der Waals surface area contributed by atoms with Crippen molar-refractivity contribution in [2.75, 3.05) is 0 Å². The molecule has 0 aliphatic heterocycles. The molecule has 4 nitrogen and oxygen atoms in total. The minimum absolute atomic E-state index is 0.485. The second-order valence-electron chi connectivity index (χ2n) is 8.57. The van der Waals surface area contributed by atoms with Crippen LogP contribution in [0.25, 0.3) is 32.8 Å². The third-order valence-electron chi connectivity index (χ3n) is 6.30. The number of fused-ring (bicyclic) bond motifs is 4. The van der Waals surface area contributed by atoms with Crippen LogP contribution in [0.4, 0.5) is 0 Å². The highest BCUT2D eigenvalue weighted by molar-refractivity contribution is 7.98. The van der Waals surface area contributed by atoms with Crippen molar-refractivity contribution < 1.29 is 5.11 Å². The average molecular weight is 464 g/mol. The quantitative estimate of drug-likeness (QED) is 0.275. The van der Waals surface area contributed by atoms with Gasteiger partial charge in [0.25, 0.3) is 0 Å². The summed E-state index contributed by atoms with van der Waals surface area (Å²) in [6.07, 6.45) is -0.562. The van der Waals surface area contributed by atoms with Crippen molar-refractivity contribution in [3.8, 4) is 0 Å². The zero-order chi connectivity index (χ0) is 22.9. The molecule has 168 valence electrons. The first-order valence-corrected chi connectivity index (χ1v) is 12.5. The standard InChI is InChI=1S/C29H25N3OS/c33-22(18-31-26-15-7-4-12-23(26)24-13-5-8-16-27(24)31)19-32-28-17-9-6-14-25(28)30-29(32)34-20-21-10-2-1-3-11-21/h1-17,22,33H,18-20H2. The molecular weight excluding hydrogens is 438 g/mol. The smallest absolute Gasteiger partial charge is 0.169 e. The zero-order valence-electron chi connectivity index (χ0n) is 18.7. The first-order valence-electron chi connectivity index (χ1n) is 11.5. The number of rotatable bonds is 7. The maximum atomic E-state index is 11.3. The van der Waals surface area contributed by atoms with Gasteiger partial charge in [0.2, 0.25) is 0 Å². The molecule has 2 heterocycles. The van der Waals surface area contributed by atoms with Crippen LogP contribution in [0.2, 0.25) is 0 Å². The van der Waals surface area contributed by atoms with Gasteiger partial charge in [0.05, 0.1) is 30.2 Å². The van der Waals surface area contributed by atoms with Gasteiger partial charge in [-0.3, -0.25) is 0 Å². The Bertz CT molecular complexity index is 1530. The van der Waals surface area contributed by atoms with Gasteiger partial charge in [-0.2, -0.15) is 0 Å². The van der Waals surface area contributed by atoms with Gasteiger partial charge in [0.1, 0.15) is 0 Å². The number of aliphatic hydroxyl groups excluding tert-OH is 1. The summed E-state index contributed by atoms with van der Waals surface area (Å²) in [5, 5.41) is 14.7. The predicted molar refractivity (Wildman–Crippen MR) is 141 cm³/mol. The monoisotopic (exact) mass is 463 g/mol. The Morgan fingerprint density at radius 3 is 1.91 bits per heavy atom. The lowest BCUT2D eigenvalue weighted by Gasteiger charge is -2.17. The summed E-state index contributed by atoms with van der Waals surface area (Å²) < 4.78 is 4.41. The Labute approximate surface area is 202 Å². The molecule has 0 bridgehead atoms. The highest BCUT2D eigenvalue weighted by Gasteiger charge is 2.17. The number of benzene rings is 4. The zero-order valence-corrected chi connectivity index (χ0v) is 19.5. The Morgan fingerprint density at radius 2 is 1.21 bits per heavy atom. The van der Waals surface area contributed by atoms with E-state index in [1.807, 2.05) is 24.3 Å². The minimum atomic E-state index is -0.562. The van der Waals surface area contributed by atoms with Gasteiger partial charge >= 0.3 is 0 Å². The van der Waals surface area contributed by atoms with E-state index in [0.29, 0.717) is 13.1 Å². The topological polar surface area (TPSA) is 43.0 Å². The molecule has 34 heavy (non-hydrogen) atoms. The number of nitrogens with zero attached hydrogens (tertiary/aromatic N) is 3. The molecule has 0 fully saturated rings. The Hall–Kier alpha value is -3.54. The molecule has 4 aromatic carbocycles. The van der Waals surface area contributed by atoms with Gasteiger partial charge in [-0.25, -0.2) is 4.98 Å². The van der Waals surface area contributed by atoms with Gasteiger partial charge in [-0.15, -0.1) is 0 Å². The molecule has 6 rings (SSSR count). The third kappa shape index (κ3) is 3.87. The Morgan fingerprint density at radius 1 is 0.647 bits per heavy atom. The van der Waals surface area contributed by atoms with E-state index >= 15 is 0 Å². The van der Waals surface area contributed by atoms with Crippen molar-refractivity contribution in [1.29, 1.82) is 0 Å². The van der Waals surface area contributed by atoms with Crippen LogP contribution in [0.3, 0.4) is 0 Å². The van der Waals surface area contributed by atoms with E-state index < -0.39 is 6.10 Å². The number of para-hydroxylation sites is 4. The SMILES string of the molecule is OC(Cn1c(SCc2ccccc2)nc2ccccc21)Cn1c2ccccc2c2ccccc21. The Kier molecular flexibility index (Phi) is 5.57. The van der Waals surface area contributed by atoms with Crippen molar-refractivity contribution >= 4 is 44.6 Å². The van der Waals surface area contributed by atoms with E-state index in [1.165, 1.54) is 16.3 Å². The van der Waals surface area contributed by atoms with Gasteiger partial charge in [0.15, 0.2) is 5.16 Å². The Balaban J connectivity index is 1.32. The molecule has 2 aromatic heterocycles. The summed E-state index contributed by atoms with van der Waals surface area (Å²) in [5.41, 5.74) is 5.58. The largest absolute Gasteiger partial charge is 0.389 e. The summed E-state index contributed by atoms with van der Waals surface area (Å²) in [6, 6.07) is 35.5. The summed E-state index contributed by atoms with van der Waals surface area (Å²) in [5.74, 6) is 0.840. The van der Waals surface area contributed by atoms with E-state index in [2.05, 4.69) is 88.0 Å². The van der Waals surface area contributed by atoms with Gasteiger partial charge in [-0.1, -0.05) is 90.6 Å². The molecule has 0 aliphatic rings. The summed E-state index contributed by atoms with van der Waals surface area (Å²) in [4.78, 5) is 4.89. The van der Waals surface area contributed by atoms with Crippen LogP contribution >= 0.6 is 11.8 Å². The maximum absolute atomic E-state index is 11.3. The summed E-state index contributed by atoms with van der Waals surface area (Å²) in [6.45, 7) is 1.00. The molecule has 1 atom stereocenters. The van der Waals surface area contributed by atoms with Gasteiger partial charge in [-0.05, 0) is 29.8 Å². The van der Waals surface area contributed by atoms with Crippen LogP contribution in [0, 0.1) is 0 Å². The first kappa shape index (κ1) is 21.0. The van der Waals surface area contributed by atoms with Crippen LogP contribution in [0.1, 0.15) is 5.56 Å². The molecule has 1 N–H and O–H groups in total. The molecule has 0 saturated carbocycles. The molecular formula is C29H25N3OS. The van der Waals surface area contributed by atoms with E-state index in [9.17, 15) is 5.11 Å². The maximum Gasteiger partial charge on any atom is 0.169 e. The van der Waals surface area contributed by atoms with Crippen LogP contribution < -0.4 is 0 Å². The van der Waals surface area contributed by atoms with E-state index in [0.717, 1.165) is 33.0 Å². The first-order chi connectivity index (χ1) is 16.8. The second kappa shape index (κ2) is 9.01. The number of hydrogen-bond acceptors (Lipinski definition) is 3. The van der Waals surface area contributed by atoms with Crippen LogP contribution in [0.5, 0.6) is 0 Å². The average Bonchev–Trinajstić information content (AvgIpc) is 3.39. The normalized spacial score (nSPS) is 12.6. The van der Waals surface area contributed by atoms with Crippen LogP contribution in [-0.2, 0) is 18.8 Å². The fourth-order valence-corrected chi connectivity index (χ4v) is 5.72.